The molecule has 0 spiro atoms. The van der Waals surface area contributed by atoms with Crippen LogP contribution >= 0.6 is 0 Å². The Balaban J connectivity index is 2.04. The van der Waals surface area contributed by atoms with E-state index in [0.717, 1.165) is 31.2 Å². The number of nitrogens with one attached hydrogen (secondary N) is 1. The normalized spacial score (nSPS) is 18.7. The highest BCUT2D eigenvalue weighted by Gasteiger charge is 2.33. The van der Waals surface area contributed by atoms with Crippen LogP contribution in [0.5, 0.6) is 0 Å². The van der Waals surface area contributed by atoms with E-state index in [1.807, 2.05) is 13.8 Å². The summed E-state index contributed by atoms with van der Waals surface area (Å²) in [7, 11) is 0. The van der Waals surface area contributed by atoms with E-state index in [9.17, 15) is 14.3 Å². The first kappa shape index (κ1) is 16.0. The van der Waals surface area contributed by atoms with E-state index in [0.29, 0.717) is 6.54 Å². The Bertz CT molecular complexity index is 478. The van der Waals surface area contributed by atoms with Crippen LogP contribution < -0.4 is 5.32 Å². The Hall–Kier alpha value is -1.42. The van der Waals surface area contributed by atoms with E-state index in [1.165, 1.54) is 12.1 Å². The number of carbonyl (C=O) groups excluding carboxylic acids is 1. The smallest absolute Gasteiger partial charge is 0.227 e. The lowest BCUT2D eigenvalue weighted by Gasteiger charge is -2.26. The van der Waals surface area contributed by atoms with Crippen molar-refractivity contribution in [2.75, 3.05) is 6.54 Å². The van der Waals surface area contributed by atoms with Crippen LogP contribution in [-0.2, 0) is 4.79 Å². The molecule has 1 saturated carbocycles. The quantitative estimate of drug-likeness (QED) is 0.877. The molecule has 0 heterocycles. The molecule has 1 atom stereocenters. The molecule has 0 bridgehead atoms. The zero-order valence-corrected chi connectivity index (χ0v) is 12.7. The first-order chi connectivity index (χ1) is 9.91. The third-order valence-electron chi connectivity index (χ3n) is 4.30. The Morgan fingerprint density at radius 3 is 2.38 bits per heavy atom. The summed E-state index contributed by atoms with van der Waals surface area (Å²) in [5.41, 5.74) is 0.0577. The van der Waals surface area contributed by atoms with Gasteiger partial charge in [0.05, 0.1) is 11.5 Å². The zero-order chi connectivity index (χ0) is 15.5. The molecule has 3 nitrogen and oxygen atoms in total. The van der Waals surface area contributed by atoms with Gasteiger partial charge in [0, 0.05) is 6.54 Å². The Kier molecular flexibility index (Phi) is 4.99. The predicted octanol–water partition coefficient (Wildman–Crippen LogP) is 2.99. The number of benzene rings is 1. The fourth-order valence-electron chi connectivity index (χ4n) is 3.08. The third kappa shape index (κ3) is 4.03. The molecular formula is C17H24FNO2. The van der Waals surface area contributed by atoms with E-state index < -0.39 is 5.60 Å². The largest absolute Gasteiger partial charge is 0.388 e. The minimum atomic E-state index is -0.750. The molecule has 1 aliphatic rings. The zero-order valence-electron chi connectivity index (χ0n) is 12.7. The molecule has 1 aromatic rings. The van der Waals surface area contributed by atoms with E-state index in [2.05, 4.69) is 5.32 Å². The minimum absolute atomic E-state index is 0.100. The average molecular weight is 293 g/mol. The molecule has 1 fully saturated rings. The fourth-order valence-corrected chi connectivity index (χ4v) is 3.08. The number of aliphatic hydroxyl groups is 1. The van der Waals surface area contributed by atoms with Gasteiger partial charge >= 0.3 is 0 Å². The highest BCUT2D eigenvalue weighted by atomic mass is 19.1. The molecule has 1 unspecified atom stereocenters. The lowest BCUT2D eigenvalue weighted by molar-refractivity contribution is -0.124. The standard InChI is InChI=1S/C17H24FNO2/c1-12(2)15(13-5-7-14(18)8-6-13)16(20)19-11-17(21)9-3-4-10-17/h5-8,12,15,21H,3-4,9-11H2,1-2H3,(H,19,20). The van der Waals surface area contributed by atoms with Gasteiger partial charge in [0.25, 0.3) is 0 Å². The second kappa shape index (κ2) is 6.56. The van der Waals surface area contributed by atoms with Crippen LogP contribution in [0.2, 0.25) is 0 Å². The second-order valence-electron chi connectivity index (χ2n) is 6.42. The molecule has 0 aliphatic heterocycles. The van der Waals surface area contributed by atoms with Gasteiger partial charge in [-0.3, -0.25) is 4.79 Å². The maximum atomic E-state index is 13.0. The van der Waals surface area contributed by atoms with Crippen molar-refractivity contribution in [3.8, 4) is 0 Å². The number of carbonyl (C=O) groups is 1. The van der Waals surface area contributed by atoms with E-state index in [4.69, 9.17) is 0 Å². The molecule has 1 amide bonds. The van der Waals surface area contributed by atoms with Crippen molar-refractivity contribution in [2.24, 2.45) is 5.92 Å². The predicted molar refractivity (Wildman–Crippen MR) is 80.4 cm³/mol. The van der Waals surface area contributed by atoms with Crippen molar-refractivity contribution in [1.82, 2.24) is 5.32 Å². The lowest BCUT2D eigenvalue weighted by Crippen LogP contribution is -2.43. The number of rotatable bonds is 5. The first-order valence-corrected chi connectivity index (χ1v) is 7.67. The van der Waals surface area contributed by atoms with Crippen LogP contribution in [-0.4, -0.2) is 23.2 Å². The van der Waals surface area contributed by atoms with Gasteiger partial charge in [-0.25, -0.2) is 4.39 Å². The summed E-state index contributed by atoms with van der Waals surface area (Å²) in [6.07, 6.45) is 3.52. The third-order valence-corrected chi connectivity index (χ3v) is 4.30. The molecule has 2 rings (SSSR count). The summed E-state index contributed by atoms with van der Waals surface area (Å²) in [4.78, 5) is 12.5. The average Bonchev–Trinajstić information content (AvgIpc) is 2.86. The molecule has 21 heavy (non-hydrogen) atoms. The maximum Gasteiger partial charge on any atom is 0.227 e. The second-order valence-corrected chi connectivity index (χ2v) is 6.42. The van der Waals surface area contributed by atoms with Crippen LogP contribution in [0.1, 0.15) is 51.0 Å². The van der Waals surface area contributed by atoms with Crippen molar-refractivity contribution >= 4 is 5.91 Å². The van der Waals surface area contributed by atoms with Gasteiger partial charge in [0.15, 0.2) is 0 Å². The van der Waals surface area contributed by atoms with Gasteiger partial charge in [-0.15, -0.1) is 0 Å². The van der Waals surface area contributed by atoms with Crippen molar-refractivity contribution in [3.05, 3.63) is 35.6 Å². The molecule has 1 aliphatic carbocycles. The molecule has 1 aromatic carbocycles. The number of hydrogen-bond acceptors (Lipinski definition) is 2. The Labute approximate surface area is 125 Å². The van der Waals surface area contributed by atoms with E-state index >= 15 is 0 Å². The van der Waals surface area contributed by atoms with Crippen molar-refractivity contribution in [3.63, 3.8) is 0 Å². The molecular weight excluding hydrogens is 269 g/mol. The summed E-state index contributed by atoms with van der Waals surface area (Å²) >= 11 is 0. The molecule has 4 heteroatoms. The van der Waals surface area contributed by atoms with Crippen LogP contribution in [0.3, 0.4) is 0 Å². The van der Waals surface area contributed by atoms with Crippen molar-refractivity contribution in [2.45, 2.75) is 51.0 Å². The van der Waals surface area contributed by atoms with Gasteiger partial charge < -0.3 is 10.4 Å². The highest BCUT2D eigenvalue weighted by molar-refractivity contribution is 5.84. The molecule has 116 valence electrons. The minimum Gasteiger partial charge on any atom is -0.388 e. The molecule has 0 aromatic heterocycles. The summed E-state index contributed by atoms with van der Waals surface area (Å²) in [5, 5.41) is 13.2. The Morgan fingerprint density at radius 1 is 1.29 bits per heavy atom. The topological polar surface area (TPSA) is 49.3 Å². The lowest BCUT2D eigenvalue weighted by atomic mass is 9.87. The maximum absolute atomic E-state index is 13.0. The van der Waals surface area contributed by atoms with Crippen molar-refractivity contribution in [1.29, 1.82) is 0 Å². The highest BCUT2D eigenvalue weighted by Crippen LogP contribution is 2.29. The van der Waals surface area contributed by atoms with E-state index in [-0.39, 0.29) is 23.6 Å². The van der Waals surface area contributed by atoms with Gasteiger partial charge in [-0.05, 0) is 36.5 Å². The van der Waals surface area contributed by atoms with Crippen LogP contribution in [0.25, 0.3) is 0 Å². The molecule has 0 saturated heterocycles. The van der Waals surface area contributed by atoms with Gasteiger partial charge in [0.1, 0.15) is 5.82 Å². The van der Waals surface area contributed by atoms with Crippen LogP contribution in [0.15, 0.2) is 24.3 Å². The van der Waals surface area contributed by atoms with Crippen molar-refractivity contribution < 1.29 is 14.3 Å². The summed E-state index contributed by atoms with van der Waals surface area (Å²) in [6.45, 7) is 4.24. The summed E-state index contributed by atoms with van der Waals surface area (Å²) in [6, 6.07) is 6.07. The molecule has 0 radical (unpaired) electrons. The number of amides is 1. The SMILES string of the molecule is CC(C)C(C(=O)NCC1(O)CCCC1)c1ccc(F)cc1. The monoisotopic (exact) mass is 293 g/mol. The Morgan fingerprint density at radius 2 is 1.86 bits per heavy atom. The van der Waals surface area contributed by atoms with Gasteiger partial charge in [-0.2, -0.15) is 0 Å². The van der Waals surface area contributed by atoms with E-state index in [1.54, 1.807) is 12.1 Å². The number of hydrogen-bond donors (Lipinski definition) is 2. The van der Waals surface area contributed by atoms with Crippen LogP contribution in [0.4, 0.5) is 4.39 Å². The fraction of sp³-hybridized carbons (Fsp3) is 0.588. The molecule has 2 N–H and O–H groups in total. The van der Waals surface area contributed by atoms with Crippen LogP contribution in [0, 0.1) is 11.7 Å². The summed E-state index contributed by atoms with van der Waals surface area (Å²) < 4.78 is 13.0. The number of halogens is 1. The first-order valence-electron chi connectivity index (χ1n) is 7.67. The van der Waals surface area contributed by atoms with Gasteiger partial charge in [0.2, 0.25) is 5.91 Å². The van der Waals surface area contributed by atoms with Gasteiger partial charge in [-0.1, -0.05) is 38.8 Å². The summed E-state index contributed by atoms with van der Waals surface area (Å²) in [5.74, 6) is -0.622.